The van der Waals surface area contributed by atoms with Gasteiger partial charge in [0.1, 0.15) is 0 Å². The highest BCUT2D eigenvalue weighted by molar-refractivity contribution is 5.92. The van der Waals surface area contributed by atoms with Crippen LogP contribution in [0.25, 0.3) is 6.08 Å². The lowest BCUT2D eigenvalue weighted by Gasteiger charge is -2.32. The second-order valence-electron chi connectivity index (χ2n) is 4.46. The molecular formula is C14H15NO3. The molecule has 1 aromatic carbocycles. The molecule has 94 valence electrons. The topological polar surface area (TPSA) is 66.4 Å². The zero-order valence-corrected chi connectivity index (χ0v) is 9.87. The van der Waals surface area contributed by atoms with Crippen molar-refractivity contribution in [2.24, 2.45) is 5.92 Å². The molecule has 0 atom stereocenters. The predicted molar refractivity (Wildman–Crippen MR) is 67.8 cm³/mol. The van der Waals surface area contributed by atoms with Gasteiger partial charge in [0.15, 0.2) is 0 Å². The van der Waals surface area contributed by atoms with Gasteiger partial charge < -0.3 is 10.4 Å². The van der Waals surface area contributed by atoms with Crippen molar-refractivity contribution in [2.45, 2.75) is 18.9 Å². The van der Waals surface area contributed by atoms with Crippen molar-refractivity contribution in [3.05, 3.63) is 42.0 Å². The Morgan fingerprint density at radius 2 is 1.89 bits per heavy atom. The number of carbonyl (C=O) groups excluding carboxylic acids is 1. The zero-order valence-electron chi connectivity index (χ0n) is 9.87. The Morgan fingerprint density at radius 1 is 1.22 bits per heavy atom. The summed E-state index contributed by atoms with van der Waals surface area (Å²) in [5.41, 5.74) is 0.963. The fourth-order valence-corrected chi connectivity index (χ4v) is 1.92. The number of carbonyl (C=O) groups is 2. The minimum absolute atomic E-state index is 0.000904. The number of rotatable bonds is 4. The SMILES string of the molecule is O=C(C=Cc1ccccc1)NC1CC(C(=O)O)C1. The second-order valence-corrected chi connectivity index (χ2v) is 4.46. The first-order valence-corrected chi connectivity index (χ1v) is 5.91. The molecule has 2 N–H and O–H groups in total. The number of benzene rings is 1. The molecule has 0 aliphatic heterocycles. The van der Waals surface area contributed by atoms with Crippen LogP contribution in [0.4, 0.5) is 0 Å². The van der Waals surface area contributed by atoms with E-state index < -0.39 is 5.97 Å². The molecule has 0 bridgehead atoms. The molecule has 4 nitrogen and oxygen atoms in total. The van der Waals surface area contributed by atoms with Crippen LogP contribution in [0.5, 0.6) is 0 Å². The fourth-order valence-electron chi connectivity index (χ4n) is 1.92. The quantitative estimate of drug-likeness (QED) is 0.793. The van der Waals surface area contributed by atoms with E-state index in [0.717, 1.165) is 5.56 Å². The van der Waals surface area contributed by atoms with Crippen molar-refractivity contribution in [3.63, 3.8) is 0 Å². The van der Waals surface area contributed by atoms with E-state index in [1.54, 1.807) is 6.08 Å². The number of carboxylic acid groups (broad SMARTS) is 1. The molecule has 0 saturated heterocycles. The summed E-state index contributed by atoms with van der Waals surface area (Å²) in [5.74, 6) is -1.25. The highest BCUT2D eigenvalue weighted by Gasteiger charge is 2.34. The van der Waals surface area contributed by atoms with E-state index in [0.29, 0.717) is 12.8 Å². The number of nitrogens with one attached hydrogen (secondary N) is 1. The molecule has 1 aliphatic carbocycles. The molecule has 1 aliphatic rings. The van der Waals surface area contributed by atoms with Gasteiger partial charge in [-0.2, -0.15) is 0 Å². The predicted octanol–water partition coefficient (Wildman–Crippen LogP) is 1.68. The van der Waals surface area contributed by atoms with E-state index in [4.69, 9.17) is 5.11 Å². The average molecular weight is 245 g/mol. The average Bonchev–Trinajstić information content (AvgIpc) is 2.31. The number of amides is 1. The van der Waals surface area contributed by atoms with Crippen LogP contribution in [-0.2, 0) is 9.59 Å². The molecule has 1 saturated carbocycles. The van der Waals surface area contributed by atoms with Crippen molar-refractivity contribution < 1.29 is 14.7 Å². The molecular weight excluding hydrogens is 230 g/mol. The summed E-state index contributed by atoms with van der Waals surface area (Å²) in [6.45, 7) is 0. The number of aliphatic carboxylic acids is 1. The van der Waals surface area contributed by atoms with E-state index in [-0.39, 0.29) is 17.9 Å². The zero-order chi connectivity index (χ0) is 13.0. The van der Waals surface area contributed by atoms with E-state index in [2.05, 4.69) is 5.32 Å². The van der Waals surface area contributed by atoms with E-state index in [1.807, 2.05) is 30.3 Å². The summed E-state index contributed by atoms with van der Waals surface area (Å²) in [6.07, 6.45) is 4.27. The third-order valence-electron chi connectivity index (χ3n) is 3.06. The molecule has 2 rings (SSSR count). The first kappa shape index (κ1) is 12.4. The van der Waals surface area contributed by atoms with Crippen LogP contribution in [0, 0.1) is 5.92 Å². The summed E-state index contributed by atoms with van der Waals surface area (Å²) >= 11 is 0. The van der Waals surface area contributed by atoms with Gasteiger partial charge in [-0.05, 0) is 24.5 Å². The Bertz CT molecular complexity index is 461. The lowest BCUT2D eigenvalue weighted by molar-refractivity contribution is -0.146. The smallest absolute Gasteiger partial charge is 0.306 e. The molecule has 1 aromatic rings. The van der Waals surface area contributed by atoms with Gasteiger partial charge in [0.05, 0.1) is 5.92 Å². The first-order valence-electron chi connectivity index (χ1n) is 5.91. The van der Waals surface area contributed by atoms with E-state index in [9.17, 15) is 9.59 Å². The summed E-state index contributed by atoms with van der Waals surface area (Å²) in [4.78, 5) is 22.1. The lowest BCUT2D eigenvalue weighted by Crippen LogP contribution is -2.46. The van der Waals surface area contributed by atoms with Crippen LogP contribution in [0.3, 0.4) is 0 Å². The van der Waals surface area contributed by atoms with Gasteiger partial charge in [-0.1, -0.05) is 30.3 Å². The molecule has 1 amide bonds. The normalized spacial score (nSPS) is 22.4. The standard InChI is InChI=1S/C14H15NO3/c16-13(7-6-10-4-2-1-3-5-10)15-12-8-11(9-12)14(17)18/h1-7,11-12H,8-9H2,(H,15,16)(H,17,18). The van der Waals surface area contributed by atoms with Gasteiger partial charge in [0.2, 0.25) is 5.91 Å². The fraction of sp³-hybridized carbons (Fsp3) is 0.286. The maximum absolute atomic E-state index is 11.6. The molecule has 0 aromatic heterocycles. The van der Waals surface area contributed by atoms with Crippen LogP contribution < -0.4 is 5.32 Å². The molecule has 0 radical (unpaired) electrons. The minimum atomic E-state index is -0.777. The molecule has 0 heterocycles. The van der Waals surface area contributed by atoms with Gasteiger partial charge in [0.25, 0.3) is 0 Å². The van der Waals surface area contributed by atoms with Gasteiger partial charge in [-0.25, -0.2) is 0 Å². The minimum Gasteiger partial charge on any atom is -0.481 e. The Hall–Kier alpha value is -2.10. The monoisotopic (exact) mass is 245 g/mol. The van der Waals surface area contributed by atoms with Crippen molar-refractivity contribution in [3.8, 4) is 0 Å². The molecule has 0 spiro atoms. The summed E-state index contributed by atoms with van der Waals surface area (Å²) < 4.78 is 0. The van der Waals surface area contributed by atoms with Crippen molar-refractivity contribution in [1.29, 1.82) is 0 Å². The number of carboxylic acids is 1. The summed E-state index contributed by atoms with van der Waals surface area (Å²) in [7, 11) is 0. The van der Waals surface area contributed by atoms with E-state index in [1.165, 1.54) is 6.08 Å². The van der Waals surface area contributed by atoms with Crippen LogP contribution in [0.1, 0.15) is 18.4 Å². The van der Waals surface area contributed by atoms with Gasteiger partial charge >= 0.3 is 5.97 Å². The Labute approximate surface area is 105 Å². The molecule has 18 heavy (non-hydrogen) atoms. The van der Waals surface area contributed by atoms with Crippen LogP contribution >= 0.6 is 0 Å². The largest absolute Gasteiger partial charge is 0.481 e. The van der Waals surface area contributed by atoms with Gasteiger partial charge in [-0.3, -0.25) is 9.59 Å². The maximum Gasteiger partial charge on any atom is 0.306 e. The van der Waals surface area contributed by atoms with Gasteiger partial charge in [0, 0.05) is 12.1 Å². The maximum atomic E-state index is 11.6. The second kappa shape index (κ2) is 5.49. The highest BCUT2D eigenvalue weighted by atomic mass is 16.4. The van der Waals surface area contributed by atoms with Crippen LogP contribution in [0.2, 0.25) is 0 Å². The van der Waals surface area contributed by atoms with Crippen molar-refractivity contribution in [1.82, 2.24) is 5.32 Å². The lowest BCUT2D eigenvalue weighted by atomic mass is 9.80. The van der Waals surface area contributed by atoms with Crippen molar-refractivity contribution in [2.75, 3.05) is 0 Å². The molecule has 4 heteroatoms. The first-order chi connectivity index (χ1) is 8.65. The number of hydrogen-bond donors (Lipinski definition) is 2. The summed E-state index contributed by atoms with van der Waals surface area (Å²) in [5, 5.41) is 11.5. The Morgan fingerprint density at radius 3 is 2.50 bits per heavy atom. The molecule has 0 unspecified atom stereocenters. The van der Waals surface area contributed by atoms with Crippen LogP contribution in [-0.4, -0.2) is 23.0 Å². The summed E-state index contributed by atoms with van der Waals surface area (Å²) in [6, 6.07) is 9.54. The van der Waals surface area contributed by atoms with Crippen LogP contribution in [0.15, 0.2) is 36.4 Å². The third kappa shape index (κ3) is 3.20. The number of hydrogen-bond acceptors (Lipinski definition) is 2. The van der Waals surface area contributed by atoms with Crippen molar-refractivity contribution >= 4 is 18.0 Å². The Balaban J connectivity index is 1.77. The highest BCUT2D eigenvalue weighted by Crippen LogP contribution is 2.27. The Kier molecular flexibility index (Phi) is 3.77. The third-order valence-corrected chi connectivity index (χ3v) is 3.06. The van der Waals surface area contributed by atoms with E-state index >= 15 is 0 Å². The molecule has 1 fully saturated rings. The van der Waals surface area contributed by atoms with Gasteiger partial charge in [-0.15, -0.1) is 0 Å².